The van der Waals surface area contributed by atoms with E-state index in [1.54, 1.807) is 41.5 Å². The van der Waals surface area contributed by atoms with E-state index in [1.165, 1.54) is 0 Å². The summed E-state index contributed by atoms with van der Waals surface area (Å²) >= 11 is 0. The van der Waals surface area contributed by atoms with Gasteiger partial charge >= 0.3 is 17.7 Å². The van der Waals surface area contributed by atoms with Crippen molar-refractivity contribution < 1.29 is 39.4 Å². The van der Waals surface area contributed by atoms with Crippen molar-refractivity contribution in [2.45, 2.75) is 77.8 Å². The molecule has 0 rings (SSSR count). The van der Waals surface area contributed by atoms with Crippen LogP contribution < -0.4 is 0 Å². The molecule has 0 bridgehead atoms. The van der Waals surface area contributed by atoms with Crippen LogP contribution in [0.2, 0.25) is 0 Å². The van der Waals surface area contributed by atoms with E-state index >= 15 is 0 Å². The first-order valence-electron chi connectivity index (χ1n) is 6.96. The highest BCUT2D eigenvalue weighted by Crippen LogP contribution is 2.27. The molecule has 0 heterocycles. The number of carbonyl (C=O) groups is 2. The fraction of sp³-hybridized carbons (Fsp3) is 0.857. The van der Waals surface area contributed by atoms with Gasteiger partial charge < -0.3 is 10.2 Å². The Morgan fingerprint density at radius 1 is 0.818 bits per heavy atom. The Labute approximate surface area is 130 Å². The molecule has 0 aromatic heterocycles. The molecule has 0 aromatic rings. The fourth-order valence-corrected chi connectivity index (χ4v) is 1.13. The van der Waals surface area contributed by atoms with Crippen molar-refractivity contribution in [1.29, 1.82) is 0 Å². The number of carboxylic acids is 2. The van der Waals surface area contributed by atoms with Gasteiger partial charge in [-0.05, 0) is 48.0 Å². The van der Waals surface area contributed by atoms with Gasteiger partial charge in [-0.25, -0.2) is 14.6 Å². The van der Waals surface area contributed by atoms with E-state index in [0.717, 1.165) is 0 Å². The Kier molecular flexibility index (Phi) is 7.43. The van der Waals surface area contributed by atoms with Gasteiger partial charge in [-0.3, -0.25) is 4.79 Å². The molecule has 0 fully saturated rings. The first-order valence-corrected chi connectivity index (χ1v) is 6.96. The van der Waals surface area contributed by atoms with Crippen LogP contribution in [-0.2, 0) is 29.1 Å². The summed E-state index contributed by atoms with van der Waals surface area (Å²) in [6, 6.07) is 0. The van der Waals surface area contributed by atoms with E-state index in [9.17, 15) is 14.7 Å². The number of hydrogen-bond donors (Lipinski definition) is 2. The zero-order valence-electron chi connectivity index (χ0n) is 14.0. The van der Waals surface area contributed by atoms with Crippen LogP contribution in [0.3, 0.4) is 0 Å². The summed E-state index contributed by atoms with van der Waals surface area (Å²) in [6.45, 7) is 10.0. The van der Waals surface area contributed by atoms with Gasteiger partial charge in [-0.2, -0.15) is 9.78 Å². The summed E-state index contributed by atoms with van der Waals surface area (Å²) in [5.74, 6) is -4.75. The maximum atomic E-state index is 11.6. The highest BCUT2D eigenvalue weighted by molar-refractivity contribution is 5.75. The van der Waals surface area contributed by atoms with Gasteiger partial charge in [0.2, 0.25) is 0 Å². The molecule has 0 spiro atoms. The molecule has 0 aromatic carbocycles. The van der Waals surface area contributed by atoms with E-state index in [1.807, 2.05) is 0 Å². The standard InChI is InChI=1S/C14H26O8/c1-12(2,3)19-21-14(11(17)18,9-7-8-10(15)16)22-20-13(4,5)6/h7-9H2,1-6H3,(H,15,16)(H,17,18). The number of hydrogen-bond acceptors (Lipinski definition) is 6. The van der Waals surface area contributed by atoms with Crippen molar-refractivity contribution in [2.75, 3.05) is 0 Å². The van der Waals surface area contributed by atoms with Crippen molar-refractivity contribution in [3.05, 3.63) is 0 Å². The molecule has 0 saturated carbocycles. The van der Waals surface area contributed by atoms with Crippen LogP contribution in [0.15, 0.2) is 0 Å². The zero-order valence-corrected chi connectivity index (χ0v) is 14.0. The van der Waals surface area contributed by atoms with Gasteiger partial charge in [0.1, 0.15) is 0 Å². The van der Waals surface area contributed by atoms with Gasteiger partial charge in [0.05, 0.1) is 11.2 Å². The van der Waals surface area contributed by atoms with Gasteiger partial charge in [0, 0.05) is 12.8 Å². The maximum absolute atomic E-state index is 11.6. The molecule has 0 unspecified atom stereocenters. The third kappa shape index (κ3) is 8.93. The molecule has 0 atom stereocenters. The number of aliphatic carboxylic acids is 2. The molecule has 130 valence electrons. The minimum absolute atomic E-state index is 0.0165. The second-order valence-electron chi connectivity index (χ2n) is 6.86. The van der Waals surface area contributed by atoms with Crippen LogP contribution in [0.5, 0.6) is 0 Å². The van der Waals surface area contributed by atoms with Crippen LogP contribution in [-0.4, -0.2) is 39.1 Å². The topological polar surface area (TPSA) is 112 Å². The molecule has 0 aliphatic heterocycles. The normalized spacial score (nSPS) is 13.2. The smallest absolute Gasteiger partial charge is 0.370 e. The molecular weight excluding hydrogens is 296 g/mol. The molecule has 0 radical (unpaired) electrons. The summed E-state index contributed by atoms with van der Waals surface area (Å²) < 4.78 is 0. The van der Waals surface area contributed by atoms with E-state index < -0.39 is 28.9 Å². The molecular formula is C14H26O8. The molecule has 0 aliphatic rings. The van der Waals surface area contributed by atoms with Crippen LogP contribution >= 0.6 is 0 Å². The summed E-state index contributed by atoms with van der Waals surface area (Å²) in [5, 5.41) is 18.1. The number of rotatable bonds is 9. The van der Waals surface area contributed by atoms with Crippen LogP contribution in [0.4, 0.5) is 0 Å². The monoisotopic (exact) mass is 322 g/mol. The average molecular weight is 322 g/mol. The maximum Gasteiger partial charge on any atom is 0.370 e. The minimum Gasteiger partial charge on any atom is -0.481 e. The molecule has 8 nitrogen and oxygen atoms in total. The highest BCUT2D eigenvalue weighted by atomic mass is 17.3. The Hall–Kier alpha value is -1.22. The Bertz CT molecular complexity index is 359. The van der Waals surface area contributed by atoms with Crippen molar-refractivity contribution in [1.82, 2.24) is 0 Å². The number of carboxylic acid groups (broad SMARTS) is 2. The minimum atomic E-state index is -2.24. The predicted molar refractivity (Wildman–Crippen MR) is 75.7 cm³/mol. The summed E-state index contributed by atoms with van der Waals surface area (Å²) in [5.41, 5.74) is -1.56. The molecule has 22 heavy (non-hydrogen) atoms. The first-order chi connectivity index (χ1) is 9.77. The lowest BCUT2D eigenvalue weighted by Gasteiger charge is -2.32. The van der Waals surface area contributed by atoms with Crippen LogP contribution in [0.1, 0.15) is 60.8 Å². The average Bonchev–Trinajstić information content (AvgIpc) is 2.29. The second-order valence-corrected chi connectivity index (χ2v) is 6.86. The second kappa shape index (κ2) is 7.87. The van der Waals surface area contributed by atoms with Gasteiger partial charge in [0.15, 0.2) is 0 Å². The lowest BCUT2D eigenvalue weighted by Crippen LogP contribution is -2.47. The third-order valence-electron chi connectivity index (χ3n) is 2.07. The molecule has 8 heteroatoms. The van der Waals surface area contributed by atoms with E-state index in [-0.39, 0.29) is 19.3 Å². The summed E-state index contributed by atoms with van der Waals surface area (Å²) in [6.07, 6.45) is -0.462. The quantitative estimate of drug-likeness (QED) is 0.378. The van der Waals surface area contributed by atoms with E-state index in [4.69, 9.17) is 24.7 Å². The van der Waals surface area contributed by atoms with Crippen molar-refractivity contribution in [3.63, 3.8) is 0 Å². The highest BCUT2D eigenvalue weighted by Gasteiger charge is 2.46. The van der Waals surface area contributed by atoms with Crippen LogP contribution in [0.25, 0.3) is 0 Å². The fourth-order valence-electron chi connectivity index (χ4n) is 1.13. The van der Waals surface area contributed by atoms with E-state index in [2.05, 4.69) is 0 Å². The lowest BCUT2D eigenvalue weighted by atomic mass is 10.1. The van der Waals surface area contributed by atoms with Crippen molar-refractivity contribution in [3.8, 4) is 0 Å². The first kappa shape index (κ1) is 20.8. The van der Waals surface area contributed by atoms with Gasteiger partial charge in [-0.1, -0.05) is 0 Å². The summed E-state index contributed by atoms with van der Waals surface area (Å²) in [4.78, 5) is 42.2. The van der Waals surface area contributed by atoms with Crippen LogP contribution in [0, 0.1) is 0 Å². The predicted octanol–water partition coefficient (Wildman–Crippen LogP) is 2.52. The molecule has 2 N–H and O–H groups in total. The summed E-state index contributed by atoms with van der Waals surface area (Å²) in [7, 11) is 0. The molecule has 0 saturated heterocycles. The largest absolute Gasteiger partial charge is 0.481 e. The van der Waals surface area contributed by atoms with Gasteiger partial charge in [-0.15, -0.1) is 0 Å². The lowest BCUT2D eigenvalue weighted by molar-refractivity contribution is -0.528. The Morgan fingerprint density at radius 3 is 1.50 bits per heavy atom. The van der Waals surface area contributed by atoms with E-state index in [0.29, 0.717) is 0 Å². The zero-order chi connectivity index (χ0) is 17.6. The molecule has 0 aliphatic carbocycles. The van der Waals surface area contributed by atoms with Gasteiger partial charge in [0.25, 0.3) is 0 Å². The van der Waals surface area contributed by atoms with Crippen molar-refractivity contribution in [2.24, 2.45) is 0 Å². The Balaban J connectivity index is 5.08. The Morgan fingerprint density at radius 2 is 1.23 bits per heavy atom. The van der Waals surface area contributed by atoms with Crippen molar-refractivity contribution >= 4 is 11.9 Å². The molecule has 0 amide bonds. The third-order valence-corrected chi connectivity index (χ3v) is 2.07. The SMILES string of the molecule is CC(C)(C)OOC(CCCC(=O)O)(OOC(C)(C)C)C(=O)O.